The minimum atomic E-state index is -0.854. The van der Waals surface area contributed by atoms with E-state index in [4.69, 9.17) is 14.2 Å². The summed E-state index contributed by atoms with van der Waals surface area (Å²) in [4.78, 5) is 53.9. The van der Waals surface area contributed by atoms with Crippen LogP contribution in [0, 0.1) is 0 Å². The number of para-hydroxylation sites is 1. The fourth-order valence-corrected chi connectivity index (χ4v) is 5.10. The minimum absolute atomic E-state index is 0.0820. The molecule has 2 aliphatic heterocycles. The molecule has 0 bridgehead atoms. The van der Waals surface area contributed by atoms with Crippen LogP contribution in [0.1, 0.15) is 37.0 Å². The van der Waals surface area contributed by atoms with Gasteiger partial charge in [0.1, 0.15) is 17.5 Å². The third-order valence-electron chi connectivity index (χ3n) is 7.01. The van der Waals surface area contributed by atoms with Crippen LogP contribution in [0.25, 0.3) is 0 Å². The monoisotopic (exact) mass is 554 g/mol. The molecule has 1 fully saturated rings. The van der Waals surface area contributed by atoms with Gasteiger partial charge in [-0.2, -0.15) is 0 Å². The average Bonchev–Trinajstić information content (AvgIpc) is 3.02. The number of hydrogen-bond donors (Lipinski definition) is 1. The molecule has 0 unspecified atom stereocenters. The summed E-state index contributed by atoms with van der Waals surface area (Å²) >= 11 is 0. The van der Waals surface area contributed by atoms with Crippen molar-refractivity contribution in [2.45, 2.75) is 38.0 Å². The van der Waals surface area contributed by atoms with Gasteiger partial charge in [0.15, 0.2) is 12.7 Å². The molecule has 5 rings (SSSR count). The molecule has 3 aromatic carbocycles. The maximum atomic E-state index is 13.8. The summed E-state index contributed by atoms with van der Waals surface area (Å²) in [6.45, 7) is 1.51. The van der Waals surface area contributed by atoms with E-state index < -0.39 is 41.9 Å². The first-order valence-electron chi connectivity index (χ1n) is 13.5. The second kappa shape index (κ2) is 12.5. The summed E-state index contributed by atoms with van der Waals surface area (Å²) in [6.07, 6.45) is -0.225. The molecule has 0 radical (unpaired) electrons. The lowest BCUT2D eigenvalue weighted by molar-refractivity contribution is -0.160. The van der Waals surface area contributed by atoms with E-state index in [9.17, 15) is 19.2 Å². The van der Waals surface area contributed by atoms with Crippen molar-refractivity contribution in [3.8, 4) is 5.75 Å². The minimum Gasteiger partial charge on any atom is -0.484 e. The first-order chi connectivity index (χ1) is 20.0. The van der Waals surface area contributed by atoms with E-state index in [1.807, 2.05) is 66.7 Å². The number of nitrogens with one attached hydrogen (secondary N) is 1. The molecule has 2 aliphatic rings. The average molecular weight is 555 g/mol. The quantitative estimate of drug-likeness (QED) is 0.301. The molecular weight excluding hydrogens is 524 g/mol. The maximum absolute atomic E-state index is 13.8. The third-order valence-corrected chi connectivity index (χ3v) is 7.01. The van der Waals surface area contributed by atoms with Crippen molar-refractivity contribution >= 4 is 23.8 Å². The molecule has 3 aromatic rings. The van der Waals surface area contributed by atoms with Crippen molar-refractivity contribution in [1.29, 1.82) is 0 Å². The zero-order valence-electron chi connectivity index (χ0n) is 22.5. The van der Waals surface area contributed by atoms with E-state index in [1.54, 1.807) is 31.2 Å². The van der Waals surface area contributed by atoms with Gasteiger partial charge in [-0.1, -0.05) is 78.9 Å². The van der Waals surface area contributed by atoms with Crippen molar-refractivity contribution in [3.63, 3.8) is 0 Å². The Morgan fingerprint density at radius 2 is 1.46 bits per heavy atom. The number of esters is 2. The van der Waals surface area contributed by atoms with Gasteiger partial charge in [0, 0.05) is 0 Å². The molecule has 2 amide bonds. The van der Waals surface area contributed by atoms with Gasteiger partial charge in [-0.05, 0) is 43.0 Å². The molecule has 9 nitrogen and oxygen atoms in total. The van der Waals surface area contributed by atoms with Gasteiger partial charge in [-0.3, -0.25) is 14.5 Å². The summed E-state index contributed by atoms with van der Waals surface area (Å²) in [7, 11) is 0. The molecule has 0 aromatic heterocycles. The van der Waals surface area contributed by atoms with E-state index >= 15 is 0 Å². The molecule has 0 spiro atoms. The van der Waals surface area contributed by atoms with Gasteiger partial charge in [-0.25, -0.2) is 9.59 Å². The molecule has 9 heteroatoms. The number of amides is 2. The highest BCUT2D eigenvalue weighted by Gasteiger charge is 2.54. The summed E-state index contributed by atoms with van der Waals surface area (Å²) < 4.78 is 16.7. The Kier molecular flexibility index (Phi) is 8.43. The number of fused-ring (bicyclic) bond motifs is 1. The maximum Gasteiger partial charge on any atom is 0.356 e. The zero-order valence-corrected chi connectivity index (χ0v) is 22.5. The summed E-state index contributed by atoms with van der Waals surface area (Å²) in [5.74, 6) is -1.94. The van der Waals surface area contributed by atoms with Crippen molar-refractivity contribution in [3.05, 3.63) is 113 Å². The van der Waals surface area contributed by atoms with Crippen molar-refractivity contribution in [2.24, 2.45) is 0 Å². The van der Waals surface area contributed by atoms with E-state index in [-0.39, 0.29) is 30.9 Å². The van der Waals surface area contributed by atoms with Crippen LogP contribution in [0.15, 0.2) is 102 Å². The predicted octanol–water partition coefficient (Wildman–Crippen LogP) is 3.70. The fraction of sp³-hybridized carbons (Fsp3) is 0.250. The highest BCUT2D eigenvalue weighted by atomic mass is 16.5. The Morgan fingerprint density at radius 3 is 2.05 bits per heavy atom. The van der Waals surface area contributed by atoms with Crippen LogP contribution in [-0.2, 0) is 28.7 Å². The Labute approximate surface area is 237 Å². The molecule has 2 heterocycles. The van der Waals surface area contributed by atoms with Crippen molar-refractivity contribution < 1.29 is 33.4 Å². The molecule has 0 aliphatic carbocycles. The first-order valence-corrected chi connectivity index (χ1v) is 13.5. The molecule has 1 N–H and O–H groups in total. The van der Waals surface area contributed by atoms with Crippen LogP contribution in [-0.4, -0.2) is 54.0 Å². The number of carbonyl (C=O) groups excluding carboxylic acids is 4. The number of β-lactam (4-membered cyclic amide) rings is 1. The van der Waals surface area contributed by atoms with Gasteiger partial charge >= 0.3 is 11.9 Å². The Bertz CT molecular complexity index is 1400. The van der Waals surface area contributed by atoms with Gasteiger partial charge in [-0.15, -0.1) is 0 Å². The Hall–Kier alpha value is -4.92. The fourth-order valence-electron chi connectivity index (χ4n) is 5.10. The molecule has 1 saturated heterocycles. The lowest BCUT2D eigenvalue weighted by atomic mass is 9.83. The molecule has 41 heavy (non-hydrogen) atoms. The first kappa shape index (κ1) is 27.6. The van der Waals surface area contributed by atoms with E-state index in [2.05, 4.69) is 5.32 Å². The number of ether oxygens (including phenoxy) is 3. The topological polar surface area (TPSA) is 111 Å². The molecular formula is C32H30N2O7. The second-order valence-corrected chi connectivity index (χ2v) is 9.62. The van der Waals surface area contributed by atoms with Crippen LogP contribution in [0.3, 0.4) is 0 Å². The van der Waals surface area contributed by atoms with Crippen molar-refractivity contribution in [2.75, 3.05) is 13.2 Å². The lowest BCUT2D eigenvalue weighted by Crippen LogP contribution is -2.72. The van der Waals surface area contributed by atoms with E-state index in [1.165, 1.54) is 4.90 Å². The van der Waals surface area contributed by atoms with E-state index in [0.29, 0.717) is 12.2 Å². The summed E-state index contributed by atoms with van der Waals surface area (Å²) in [5.41, 5.74) is 1.40. The van der Waals surface area contributed by atoms with Crippen LogP contribution < -0.4 is 10.1 Å². The number of rotatable bonds is 10. The van der Waals surface area contributed by atoms with Crippen LogP contribution >= 0.6 is 0 Å². The number of carbonyl (C=O) groups is 4. The second-order valence-electron chi connectivity index (χ2n) is 9.62. The molecule has 2 atom stereocenters. The Morgan fingerprint density at radius 1 is 0.878 bits per heavy atom. The normalized spacial score (nSPS) is 17.8. The highest BCUT2D eigenvalue weighted by Crippen LogP contribution is 2.39. The highest BCUT2D eigenvalue weighted by molar-refractivity contribution is 6.07. The van der Waals surface area contributed by atoms with Crippen LogP contribution in [0.5, 0.6) is 5.75 Å². The number of benzene rings is 3. The summed E-state index contributed by atoms with van der Waals surface area (Å²) in [5, 5.41) is 2.71. The van der Waals surface area contributed by atoms with Gasteiger partial charge in [0.05, 0.1) is 18.2 Å². The number of nitrogens with zero attached hydrogens (tertiary/aromatic N) is 1. The van der Waals surface area contributed by atoms with Gasteiger partial charge < -0.3 is 19.5 Å². The van der Waals surface area contributed by atoms with E-state index in [0.717, 1.165) is 11.1 Å². The smallest absolute Gasteiger partial charge is 0.356 e. The standard InChI is InChI=1S/C32H30N2O7/c1-2-39-31(37)24-18-19-25-27(33-26(35)20-40-23-16-10-5-11-17-23)30(36)34(25)28(24)32(38)41-29(21-12-6-3-7-13-21)22-14-8-4-9-15-22/h3-17,25,27,29H,2,18-20H2,1H3,(H,33,35)/t25-,27+/m1/s1. The zero-order chi connectivity index (χ0) is 28.8. The Balaban J connectivity index is 1.37. The van der Waals surface area contributed by atoms with Gasteiger partial charge in [0.2, 0.25) is 0 Å². The number of hydrogen-bond acceptors (Lipinski definition) is 7. The molecule has 0 saturated carbocycles. The largest absolute Gasteiger partial charge is 0.484 e. The lowest BCUT2D eigenvalue weighted by Gasteiger charge is -2.50. The SMILES string of the molecule is CCOC(=O)C1=C(C(=O)OC(c2ccccc2)c2ccccc2)N2C(=O)[C@@H](NC(=O)COc3ccccc3)[C@H]2CC1. The van der Waals surface area contributed by atoms with Crippen molar-refractivity contribution in [1.82, 2.24) is 10.2 Å². The predicted molar refractivity (Wildman–Crippen MR) is 148 cm³/mol. The van der Waals surface area contributed by atoms with Gasteiger partial charge in [0.25, 0.3) is 11.8 Å². The molecule has 210 valence electrons. The summed E-state index contributed by atoms with van der Waals surface area (Å²) in [6, 6.07) is 25.9. The van der Waals surface area contributed by atoms with Crippen LogP contribution in [0.2, 0.25) is 0 Å². The van der Waals surface area contributed by atoms with Crippen LogP contribution in [0.4, 0.5) is 0 Å². The third kappa shape index (κ3) is 5.99.